The SMILES string of the molecule is CC(NCCCNCCCCNCCCN)C1CCC2C3CCC4=CC(NCCCNCCCCNCCCN)CCC4(C)C3CCC12C. The Labute approximate surface area is 303 Å². The van der Waals surface area contributed by atoms with Crippen LogP contribution in [0.1, 0.15) is 124 Å². The fraction of sp³-hybridized carbons (Fsp3) is 0.951. The molecule has 0 aromatic heterocycles. The predicted molar refractivity (Wildman–Crippen MR) is 211 cm³/mol. The fourth-order valence-electron chi connectivity index (χ4n) is 10.9. The Morgan fingerprint density at radius 2 is 1.20 bits per heavy atom. The molecule has 4 rings (SSSR count). The number of unbranched alkanes of at least 4 members (excludes halogenated alkanes) is 2. The lowest BCUT2D eigenvalue weighted by Crippen LogP contribution is -2.53. The Morgan fingerprint density at radius 3 is 1.82 bits per heavy atom. The van der Waals surface area contributed by atoms with Crippen molar-refractivity contribution in [1.29, 1.82) is 0 Å². The van der Waals surface area contributed by atoms with Gasteiger partial charge in [0.2, 0.25) is 0 Å². The fourth-order valence-corrected chi connectivity index (χ4v) is 10.9. The zero-order valence-electron chi connectivity index (χ0n) is 32.5. The van der Waals surface area contributed by atoms with Crippen LogP contribution in [0.2, 0.25) is 0 Å². The van der Waals surface area contributed by atoms with Gasteiger partial charge in [-0.05, 0) is 223 Å². The van der Waals surface area contributed by atoms with Crippen LogP contribution in [0, 0.1) is 34.5 Å². The minimum atomic E-state index is 0.444. The van der Waals surface area contributed by atoms with Crippen molar-refractivity contribution in [2.45, 2.75) is 136 Å². The third-order valence-electron chi connectivity index (χ3n) is 13.8. The molecule has 4 aliphatic carbocycles. The molecule has 286 valence electrons. The molecular weight excluding hydrogens is 605 g/mol. The molecule has 0 bridgehead atoms. The van der Waals surface area contributed by atoms with E-state index in [9.17, 15) is 0 Å². The molecule has 8 atom stereocenters. The second kappa shape index (κ2) is 22.5. The van der Waals surface area contributed by atoms with E-state index in [-0.39, 0.29) is 0 Å². The number of allylic oxidation sites excluding steroid dienone is 1. The van der Waals surface area contributed by atoms with E-state index in [2.05, 4.69) is 58.7 Å². The van der Waals surface area contributed by atoms with Crippen LogP contribution in [0.15, 0.2) is 11.6 Å². The molecule has 49 heavy (non-hydrogen) atoms. The Morgan fingerprint density at radius 1 is 0.633 bits per heavy atom. The Balaban J connectivity index is 1.11. The van der Waals surface area contributed by atoms with E-state index in [1.807, 2.05) is 5.57 Å². The molecule has 0 saturated heterocycles. The van der Waals surface area contributed by atoms with Crippen molar-refractivity contribution in [3.8, 4) is 0 Å². The van der Waals surface area contributed by atoms with Gasteiger partial charge in [0.15, 0.2) is 0 Å². The lowest BCUT2D eigenvalue weighted by Gasteiger charge is -2.59. The number of rotatable bonds is 27. The Kier molecular flexibility index (Phi) is 18.9. The highest BCUT2D eigenvalue weighted by molar-refractivity contribution is 5.26. The average Bonchev–Trinajstić information content (AvgIpc) is 3.46. The molecule has 0 spiro atoms. The molecule has 4 aliphatic rings. The van der Waals surface area contributed by atoms with Crippen LogP contribution in [0.3, 0.4) is 0 Å². The van der Waals surface area contributed by atoms with Crippen LogP contribution < -0.4 is 43.4 Å². The number of hydrogen-bond donors (Lipinski definition) is 8. The molecule has 8 unspecified atom stereocenters. The quantitative estimate of drug-likeness (QED) is 0.0454. The van der Waals surface area contributed by atoms with Crippen molar-refractivity contribution in [2.75, 3.05) is 78.5 Å². The van der Waals surface area contributed by atoms with Gasteiger partial charge in [-0.15, -0.1) is 0 Å². The summed E-state index contributed by atoms with van der Waals surface area (Å²) in [5.41, 5.74) is 13.9. The van der Waals surface area contributed by atoms with Crippen molar-refractivity contribution >= 4 is 0 Å². The van der Waals surface area contributed by atoms with Gasteiger partial charge in [0.05, 0.1) is 0 Å². The zero-order valence-corrected chi connectivity index (χ0v) is 32.5. The minimum Gasteiger partial charge on any atom is -0.330 e. The highest BCUT2D eigenvalue weighted by Gasteiger charge is 2.59. The highest BCUT2D eigenvalue weighted by atomic mass is 14.9. The average molecular weight is 687 g/mol. The summed E-state index contributed by atoms with van der Waals surface area (Å²) in [5.74, 6) is 3.61. The van der Waals surface area contributed by atoms with E-state index in [0.29, 0.717) is 22.9 Å². The maximum absolute atomic E-state index is 5.56. The normalized spacial score (nSPS) is 31.6. The molecule has 10 N–H and O–H groups in total. The number of nitrogens with one attached hydrogen (secondary N) is 6. The molecule has 0 aliphatic heterocycles. The molecule has 0 heterocycles. The lowest BCUT2D eigenvalue weighted by atomic mass is 9.46. The molecule has 3 saturated carbocycles. The van der Waals surface area contributed by atoms with Crippen LogP contribution in [-0.4, -0.2) is 90.6 Å². The van der Waals surface area contributed by atoms with Crippen LogP contribution in [0.4, 0.5) is 0 Å². The van der Waals surface area contributed by atoms with Crippen LogP contribution in [-0.2, 0) is 0 Å². The van der Waals surface area contributed by atoms with Crippen molar-refractivity contribution in [2.24, 2.45) is 46.0 Å². The molecular formula is C41H82N8. The van der Waals surface area contributed by atoms with Crippen LogP contribution in [0.5, 0.6) is 0 Å². The lowest BCUT2D eigenvalue weighted by molar-refractivity contribution is -0.0560. The first kappa shape index (κ1) is 41.2. The first-order valence-electron chi connectivity index (χ1n) is 21.3. The molecule has 8 nitrogen and oxygen atoms in total. The van der Waals surface area contributed by atoms with Gasteiger partial charge in [0.1, 0.15) is 0 Å². The Bertz CT molecular complexity index is 914. The van der Waals surface area contributed by atoms with Crippen LogP contribution in [0.25, 0.3) is 0 Å². The van der Waals surface area contributed by atoms with Gasteiger partial charge in [0, 0.05) is 12.1 Å². The van der Waals surface area contributed by atoms with Gasteiger partial charge in [-0.2, -0.15) is 0 Å². The maximum Gasteiger partial charge on any atom is 0.0253 e. The van der Waals surface area contributed by atoms with E-state index in [0.717, 1.165) is 115 Å². The summed E-state index contributed by atoms with van der Waals surface area (Å²) in [6.07, 6.45) is 23.6. The number of fused-ring (bicyclic) bond motifs is 5. The van der Waals surface area contributed by atoms with E-state index >= 15 is 0 Å². The first-order chi connectivity index (χ1) is 23.9. The predicted octanol–water partition coefficient (Wildman–Crippen LogP) is 4.90. The van der Waals surface area contributed by atoms with E-state index < -0.39 is 0 Å². The molecule has 3 fully saturated rings. The van der Waals surface area contributed by atoms with Gasteiger partial charge < -0.3 is 43.4 Å². The summed E-state index contributed by atoms with van der Waals surface area (Å²) in [6, 6.07) is 1.21. The second-order valence-corrected chi connectivity index (χ2v) is 17.0. The zero-order chi connectivity index (χ0) is 34.8. The van der Waals surface area contributed by atoms with Gasteiger partial charge in [-0.25, -0.2) is 0 Å². The third-order valence-corrected chi connectivity index (χ3v) is 13.8. The van der Waals surface area contributed by atoms with Gasteiger partial charge >= 0.3 is 0 Å². The summed E-state index contributed by atoms with van der Waals surface area (Å²) >= 11 is 0. The summed E-state index contributed by atoms with van der Waals surface area (Å²) in [6.45, 7) is 20.6. The van der Waals surface area contributed by atoms with Gasteiger partial charge in [0.25, 0.3) is 0 Å². The van der Waals surface area contributed by atoms with E-state index in [1.54, 1.807) is 0 Å². The third kappa shape index (κ3) is 12.2. The summed E-state index contributed by atoms with van der Waals surface area (Å²) in [7, 11) is 0. The summed E-state index contributed by atoms with van der Waals surface area (Å²) in [5, 5.41) is 22.2. The summed E-state index contributed by atoms with van der Waals surface area (Å²) < 4.78 is 0. The molecule has 0 aromatic carbocycles. The van der Waals surface area contributed by atoms with Gasteiger partial charge in [-0.1, -0.05) is 25.5 Å². The maximum atomic E-state index is 5.56. The Hall–Kier alpha value is -0.580. The molecule has 8 heteroatoms. The van der Waals surface area contributed by atoms with Crippen molar-refractivity contribution < 1.29 is 0 Å². The highest BCUT2D eigenvalue weighted by Crippen LogP contribution is 2.67. The molecule has 0 radical (unpaired) electrons. The monoisotopic (exact) mass is 687 g/mol. The van der Waals surface area contributed by atoms with Gasteiger partial charge in [-0.3, -0.25) is 0 Å². The van der Waals surface area contributed by atoms with Crippen LogP contribution >= 0.6 is 0 Å². The topological polar surface area (TPSA) is 124 Å². The minimum absolute atomic E-state index is 0.444. The summed E-state index contributed by atoms with van der Waals surface area (Å²) in [4.78, 5) is 0. The number of hydrogen-bond acceptors (Lipinski definition) is 8. The molecule has 0 amide bonds. The van der Waals surface area contributed by atoms with Crippen molar-refractivity contribution in [1.82, 2.24) is 31.9 Å². The van der Waals surface area contributed by atoms with E-state index in [4.69, 9.17) is 11.5 Å². The van der Waals surface area contributed by atoms with E-state index in [1.165, 1.54) is 89.9 Å². The van der Waals surface area contributed by atoms with Crippen molar-refractivity contribution in [3.05, 3.63) is 11.6 Å². The smallest absolute Gasteiger partial charge is 0.0253 e. The van der Waals surface area contributed by atoms with Crippen molar-refractivity contribution in [3.63, 3.8) is 0 Å². The largest absolute Gasteiger partial charge is 0.330 e. The second-order valence-electron chi connectivity index (χ2n) is 17.0. The number of nitrogens with two attached hydrogens (primary N) is 2. The molecule has 0 aromatic rings. The first-order valence-corrected chi connectivity index (χ1v) is 21.3. The standard InChI is InChI=1S/C41H82N8/c1-33(48-30-10-28-46-24-6-4-22-44-26-8-20-42)37-14-15-38-36-13-12-34-32-35(16-18-40(34,2)39(36)17-19-41(37,38)3)49-31-11-29-47-25-7-5-23-45-27-9-21-43/h32-33,35-39,44-49H,4-31,42-43H2,1-3H3.